The summed E-state index contributed by atoms with van der Waals surface area (Å²) in [6, 6.07) is 5.54. The van der Waals surface area contributed by atoms with Crippen molar-refractivity contribution in [2.75, 3.05) is 19.8 Å². The molecule has 22 heavy (non-hydrogen) atoms. The number of rotatable bonds is 6. The number of aryl methyl sites for hydroxylation is 1. The number of hydrogen-bond acceptors (Lipinski definition) is 5. The first-order valence-corrected chi connectivity index (χ1v) is 7.49. The van der Waals surface area contributed by atoms with Gasteiger partial charge in [0.15, 0.2) is 0 Å². The highest BCUT2D eigenvalue weighted by molar-refractivity contribution is 6.07. The maximum atomic E-state index is 12.3. The lowest BCUT2D eigenvalue weighted by molar-refractivity contribution is 0.0527. The summed E-state index contributed by atoms with van der Waals surface area (Å²) in [5.74, 6) is 0.842. The number of benzene rings is 1. The van der Waals surface area contributed by atoms with E-state index < -0.39 is 0 Å². The van der Waals surface area contributed by atoms with Crippen LogP contribution in [0.1, 0.15) is 36.8 Å². The molecule has 118 valence electrons. The average Bonchev–Trinajstić information content (AvgIpc) is 2.48. The Morgan fingerprint density at radius 3 is 2.41 bits per heavy atom. The van der Waals surface area contributed by atoms with Crippen LogP contribution < -0.4 is 9.47 Å². The molecule has 0 atom stereocenters. The van der Waals surface area contributed by atoms with E-state index in [-0.39, 0.29) is 5.97 Å². The van der Waals surface area contributed by atoms with Crippen LogP contribution >= 0.6 is 0 Å². The van der Waals surface area contributed by atoms with E-state index in [0.29, 0.717) is 42.7 Å². The molecule has 0 radical (unpaired) electrons. The minimum Gasteiger partial charge on any atom is -0.494 e. The fraction of sp³-hybridized carbons (Fsp3) is 0.412. The van der Waals surface area contributed by atoms with Crippen molar-refractivity contribution in [2.45, 2.75) is 27.7 Å². The third kappa shape index (κ3) is 3.13. The van der Waals surface area contributed by atoms with Crippen molar-refractivity contribution >= 4 is 16.7 Å². The third-order valence-corrected chi connectivity index (χ3v) is 3.19. The number of nitrogens with zero attached hydrogens (tertiary/aromatic N) is 1. The van der Waals surface area contributed by atoms with Gasteiger partial charge >= 0.3 is 5.97 Å². The van der Waals surface area contributed by atoms with Gasteiger partial charge in [0.1, 0.15) is 5.75 Å². The van der Waals surface area contributed by atoms with Crippen molar-refractivity contribution in [3.63, 3.8) is 0 Å². The van der Waals surface area contributed by atoms with Crippen molar-refractivity contribution in [1.82, 2.24) is 4.98 Å². The second kappa shape index (κ2) is 7.11. The molecule has 5 nitrogen and oxygen atoms in total. The molecular weight excluding hydrogens is 282 g/mol. The quantitative estimate of drug-likeness (QED) is 0.764. The van der Waals surface area contributed by atoms with Crippen LogP contribution in [-0.4, -0.2) is 30.8 Å². The first-order chi connectivity index (χ1) is 10.6. The van der Waals surface area contributed by atoms with Crippen molar-refractivity contribution in [2.24, 2.45) is 0 Å². The van der Waals surface area contributed by atoms with Gasteiger partial charge in [-0.1, -0.05) is 0 Å². The van der Waals surface area contributed by atoms with E-state index in [1.807, 2.05) is 32.0 Å². The summed E-state index contributed by atoms with van der Waals surface area (Å²) in [5.41, 5.74) is 1.05. The van der Waals surface area contributed by atoms with Gasteiger partial charge in [-0.15, -0.1) is 0 Å². The van der Waals surface area contributed by atoms with Gasteiger partial charge in [-0.2, -0.15) is 0 Å². The lowest BCUT2D eigenvalue weighted by Gasteiger charge is -2.14. The van der Waals surface area contributed by atoms with E-state index in [0.717, 1.165) is 10.8 Å². The molecule has 0 saturated carbocycles. The number of fused-ring (bicyclic) bond motifs is 1. The van der Waals surface area contributed by atoms with Crippen LogP contribution in [0.25, 0.3) is 10.8 Å². The molecule has 0 aliphatic rings. The minimum atomic E-state index is -0.380. The summed E-state index contributed by atoms with van der Waals surface area (Å²) in [7, 11) is 0. The van der Waals surface area contributed by atoms with Gasteiger partial charge in [0.25, 0.3) is 0 Å². The van der Waals surface area contributed by atoms with Crippen LogP contribution in [0.4, 0.5) is 0 Å². The molecule has 1 aromatic heterocycles. The summed E-state index contributed by atoms with van der Waals surface area (Å²) in [6.45, 7) is 8.76. The predicted molar refractivity (Wildman–Crippen MR) is 84.8 cm³/mol. The fourth-order valence-corrected chi connectivity index (χ4v) is 2.34. The molecule has 2 rings (SSSR count). The smallest absolute Gasteiger partial charge is 0.340 e. The van der Waals surface area contributed by atoms with Crippen molar-refractivity contribution < 1.29 is 19.0 Å². The van der Waals surface area contributed by atoms with Gasteiger partial charge < -0.3 is 14.2 Å². The van der Waals surface area contributed by atoms with Gasteiger partial charge in [0.05, 0.1) is 31.1 Å². The normalized spacial score (nSPS) is 10.5. The van der Waals surface area contributed by atoms with Crippen LogP contribution in [0.2, 0.25) is 0 Å². The van der Waals surface area contributed by atoms with Crippen LogP contribution in [0.3, 0.4) is 0 Å². The van der Waals surface area contributed by atoms with Crippen molar-refractivity contribution in [1.29, 1.82) is 0 Å². The Morgan fingerprint density at radius 2 is 1.77 bits per heavy atom. The molecule has 0 bridgehead atoms. The second-order valence-corrected chi connectivity index (χ2v) is 4.67. The van der Waals surface area contributed by atoms with Crippen LogP contribution in [-0.2, 0) is 4.74 Å². The van der Waals surface area contributed by atoms with E-state index >= 15 is 0 Å². The van der Waals surface area contributed by atoms with Gasteiger partial charge in [-0.05, 0) is 45.9 Å². The van der Waals surface area contributed by atoms with Gasteiger partial charge in [0.2, 0.25) is 5.88 Å². The zero-order valence-corrected chi connectivity index (χ0v) is 13.4. The standard InChI is InChI=1S/C17H21NO4/c1-5-20-12-8-9-13-14(10-12)15(17(19)22-7-3)11(4)18-16(13)21-6-2/h8-10H,5-7H2,1-4H3. The molecule has 0 saturated heterocycles. The maximum absolute atomic E-state index is 12.3. The largest absolute Gasteiger partial charge is 0.494 e. The topological polar surface area (TPSA) is 57.7 Å². The Kier molecular flexibility index (Phi) is 5.20. The molecule has 0 unspecified atom stereocenters. The predicted octanol–water partition coefficient (Wildman–Crippen LogP) is 3.52. The molecule has 0 aliphatic carbocycles. The van der Waals surface area contributed by atoms with E-state index in [4.69, 9.17) is 14.2 Å². The zero-order chi connectivity index (χ0) is 16.1. The average molecular weight is 303 g/mol. The third-order valence-electron chi connectivity index (χ3n) is 3.19. The first kappa shape index (κ1) is 16.1. The molecule has 5 heteroatoms. The fourth-order valence-electron chi connectivity index (χ4n) is 2.34. The number of carbonyl (C=O) groups is 1. The number of aromatic nitrogens is 1. The molecule has 1 heterocycles. The summed E-state index contributed by atoms with van der Waals surface area (Å²) in [4.78, 5) is 16.7. The highest BCUT2D eigenvalue weighted by atomic mass is 16.5. The molecule has 0 aliphatic heterocycles. The lowest BCUT2D eigenvalue weighted by Crippen LogP contribution is -2.10. The van der Waals surface area contributed by atoms with E-state index in [1.54, 1.807) is 13.8 Å². The molecule has 0 spiro atoms. The van der Waals surface area contributed by atoms with Gasteiger partial charge in [-0.25, -0.2) is 9.78 Å². The lowest BCUT2D eigenvalue weighted by atomic mass is 10.0. The molecule has 0 N–H and O–H groups in total. The van der Waals surface area contributed by atoms with Crippen LogP contribution in [0.5, 0.6) is 11.6 Å². The monoisotopic (exact) mass is 303 g/mol. The van der Waals surface area contributed by atoms with Gasteiger partial charge in [0, 0.05) is 10.8 Å². The minimum absolute atomic E-state index is 0.318. The Labute approximate surface area is 130 Å². The van der Waals surface area contributed by atoms with Crippen molar-refractivity contribution in [3.8, 4) is 11.6 Å². The van der Waals surface area contributed by atoms with Crippen LogP contribution in [0.15, 0.2) is 18.2 Å². The second-order valence-electron chi connectivity index (χ2n) is 4.67. The molecular formula is C17H21NO4. The van der Waals surface area contributed by atoms with E-state index in [9.17, 15) is 4.79 Å². The Balaban J connectivity index is 2.70. The number of pyridine rings is 1. The number of ether oxygens (including phenoxy) is 3. The molecule has 0 amide bonds. The van der Waals surface area contributed by atoms with Crippen LogP contribution in [0, 0.1) is 6.92 Å². The SMILES string of the molecule is CCOC(=O)c1c(C)nc(OCC)c2ccc(OCC)cc12. The summed E-state index contributed by atoms with van der Waals surface area (Å²) >= 11 is 0. The maximum Gasteiger partial charge on any atom is 0.340 e. The Morgan fingerprint density at radius 1 is 1.05 bits per heavy atom. The summed E-state index contributed by atoms with van der Waals surface area (Å²) in [5, 5.41) is 1.51. The Bertz CT molecular complexity index is 682. The first-order valence-electron chi connectivity index (χ1n) is 7.49. The Hall–Kier alpha value is -2.30. The van der Waals surface area contributed by atoms with Crippen molar-refractivity contribution in [3.05, 3.63) is 29.5 Å². The summed E-state index contributed by atoms with van der Waals surface area (Å²) in [6.07, 6.45) is 0. The molecule has 1 aromatic carbocycles. The number of hydrogen-bond donors (Lipinski definition) is 0. The molecule has 2 aromatic rings. The van der Waals surface area contributed by atoms with E-state index in [1.165, 1.54) is 0 Å². The zero-order valence-electron chi connectivity index (χ0n) is 13.4. The van der Waals surface area contributed by atoms with E-state index in [2.05, 4.69) is 4.98 Å². The number of carbonyl (C=O) groups excluding carboxylic acids is 1. The highest BCUT2D eigenvalue weighted by Gasteiger charge is 2.19. The summed E-state index contributed by atoms with van der Waals surface area (Å²) < 4.78 is 16.3. The number of esters is 1. The molecule has 0 fully saturated rings. The highest BCUT2D eigenvalue weighted by Crippen LogP contribution is 2.32. The van der Waals surface area contributed by atoms with Gasteiger partial charge in [-0.3, -0.25) is 0 Å².